The van der Waals surface area contributed by atoms with Crippen molar-refractivity contribution in [1.82, 2.24) is 0 Å². The number of rotatable bonds is 5. The van der Waals surface area contributed by atoms with Crippen LogP contribution in [0.5, 0.6) is 0 Å². The van der Waals surface area contributed by atoms with E-state index in [0.29, 0.717) is 0 Å². The third-order valence-corrected chi connectivity index (χ3v) is 3.15. The van der Waals surface area contributed by atoms with Gasteiger partial charge in [-0.15, -0.1) is 0 Å². The number of hydrogen-bond donors (Lipinski definition) is 6. The Balaban J connectivity index is 2.92. The van der Waals surface area contributed by atoms with Crippen molar-refractivity contribution in [3.63, 3.8) is 0 Å². The Kier molecular flexibility index (Phi) is 5.83. The second-order valence-corrected chi connectivity index (χ2v) is 4.68. The second kappa shape index (κ2) is 6.76. The predicted octanol–water partition coefficient (Wildman–Crippen LogP) is -3.57. The van der Waals surface area contributed by atoms with Crippen LogP contribution < -0.4 is 5.73 Å². The molecule has 6 atom stereocenters. The largest absolute Gasteiger partial charge is 0.462 e. The lowest BCUT2D eigenvalue weighted by Gasteiger charge is -2.43. The van der Waals surface area contributed by atoms with E-state index in [2.05, 4.69) is 4.74 Å². The Bertz CT molecular complexity index is 340. The van der Waals surface area contributed by atoms with Gasteiger partial charge in [0.05, 0.1) is 25.4 Å². The Morgan fingerprint density at radius 2 is 2.15 bits per heavy atom. The van der Waals surface area contributed by atoms with E-state index in [4.69, 9.17) is 15.6 Å². The zero-order valence-corrected chi connectivity index (χ0v) is 11.0. The molecule has 1 fully saturated rings. The van der Waals surface area contributed by atoms with Gasteiger partial charge in [-0.05, 0) is 6.92 Å². The van der Waals surface area contributed by atoms with Crippen LogP contribution in [0.1, 0.15) is 13.3 Å². The minimum Gasteiger partial charge on any atom is -0.462 e. The lowest BCUT2D eigenvalue weighted by Crippen LogP contribution is -2.65. The second-order valence-electron chi connectivity index (χ2n) is 4.68. The van der Waals surface area contributed by atoms with Crippen LogP contribution in [0.2, 0.25) is 0 Å². The number of aliphatic hydroxyl groups excluding tert-OH is 4. The van der Waals surface area contributed by atoms with E-state index in [1.165, 1.54) is 6.92 Å². The summed E-state index contributed by atoms with van der Waals surface area (Å²) >= 11 is 0. The van der Waals surface area contributed by atoms with Gasteiger partial charge in [0.2, 0.25) is 0 Å². The van der Waals surface area contributed by atoms with Gasteiger partial charge < -0.3 is 40.7 Å². The normalized spacial score (nSPS) is 37.2. The van der Waals surface area contributed by atoms with Gasteiger partial charge in [0, 0.05) is 6.42 Å². The number of hydrogen-bond acceptors (Lipinski definition) is 9. The van der Waals surface area contributed by atoms with Gasteiger partial charge in [-0.3, -0.25) is 0 Å². The quantitative estimate of drug-likeness (QED) is 0.282. The van der Waals surface area contributed by atoms with Crippen molar-refractivity contribution >= 4 is 5.97 Å². The van der Waals surface area contributed by atoms with Crippen LogP contribution in [0.15, 0.2) is 0 Å². The smallest absolute Gasteiger partial charge is 0.366 e. The molecule has 1 aliphatic rings. The number of carbonyl (C=O) groups is 1. The molecule has 0 saturated carbocycles. The van der Waals surface area contributed by atoms with Crippen LogP contribution in [-0.2, 0) is 14.3 Å². The molecule has 1 unspecified atom stereocenters. The molecule has 9 nitrogen and oxygen atoms in total. The fourth-order valence-corrected chi connectivity index (χ4v) is 1.99. The lowest BCUT2D eigenvalue weighted by molar-refractivity contribution is -0.294. The molecular formula is C11H21NO8. The summed E-state index contributed by atoms with van der Waals surface area (Å²) in [5, 5.41) is 47.8. The third kappa shape index (κ3) is 3.44. The molecule has 20 heavy (non-hydrogen) atoms. The minimum absolute atomic E-state index is 0.0147. The first-order valence-corrected chi connectivity index (χ1v) is 6.25. The molecule has 0 amide bonds. The topological polar surface area (TPSA) is 163 Å². The highest BCUT2D eigenvalue weighted by molar-refractivity contribution is 5.77. The minimum atomic E-state index is -2.47. The summed E-state index contributed by atoms with van der Waals surface area (Å²) in [7, 11) is 0. The maximum Gasteiger partial charge on any atom is 0.366 e. The van der Waals surface area contributed by atoms with Gasteiger partial charge in [-0.1, -0.05) is 0 Å². The Morgan fingerprint density at radius 1 is 1.55 bits per heavy atom. The van der Waals surface area contributed by atoms with E-state index in [9.17, 15) is 25.2 Å². The maximum absolute atomic E-state index is 11.6. The number of aliphatic hydroxyl groups is 5. The van der Waals surface area contributed by atoms with Crippen molar-refractivity contribution in [2.45, 2.75) is 49.6 Å². The van der Waals surface area contributed by atoms with Crippen LogP contribution in [0, 0.1) is 0 Å². The highest BCUT2D eigenvalue weighted by atomic mass is 16.7. The first-order chi connectivity index (χ1) is 9.26. The van der Waals surface area contributed by atoms with Crippen molar-refractivity contribution < 1.29 is 39.8 Å². The summed E-state index contributed by atoms with van der Waals surface area (Å²) in [6, 6.07) is -1.15. The predicted molar refractivity (Wildman–Crippen MR) is 64.2 cm³/mol. The van der Waals surface area contributed by atoms with E-state index in [-0.39, 0.29) is 6.61 Å². The molecule has 1 heterocycles. The molecule has 7 N–H and O–H groups in total. The Labute approximate surface area is 115 Å². The molecular weight excluding hydrogens is 274 g/mol. The summed E-state index contributed by atoms with van der Waals surface area (Å²) in [6.07, 6.45) is -6.61. The maximum atomic E-state index is 11.6. The SMILES string of the molecule is CCOC(=O)C1(O)C[C@H](O)[C@@H](N)[C@H]([C@H](O)[C@H](O)CO)O1. The average Bonchev–Trinajstić information content (AvgIpc) is 2.41. The molecule has 118 valence electrons. The van der Waals surface area contributed by atoms with Gasteiger partial charge in [-0.25, -0.2) is 4.79 Å². The first-order valence-electron chi connectivity index (χ1n) is 6.25. The van der Waals surface area contributed by atoms with E-state index < -0.39 is 55.2 Å². The van der Waals surface area contributed by atoms with Gasteiger partial charge >= 0.3 is 5.97 Å². The average molecular weight is 295 g/mol. The number of carbonyl (C=O) groups excluding carboxylic acids is 1. The fourth-order valence-electron chi connectivity index (χ4n) is 1.99. The van der Waals surface area contributed by atoms with E-state index in [0.717, 1.165) is 0 Å². The van der Waals surface area contributed by atoms with Gasteiger partial charge in [0.25, 0.3) is 5.79 Å². The molecule has 0 aromatic rings. The third-order valence-electron chi connectivity index (χ3n) is 3.15. The summed E-state index contributed by atoms with van der Waals surface area (Å²) in [4.78, 5) is 11.6. The van der Waals surface area contributed by atoms with Crippen LogP contribution in [0.25, 0.3) is 0 Å². The molecule has 0 aromatic carbocycles. The van der Waals surface area contributed by atoms with Gasteiger partial charge in [0.15, 0.2) is 0 Å². The molecule has 0 radical (unpaired) electrons. The summed E-state index contributed by atoms with van der Waals surface area (Å²) in [5.41, 5.74) is 5.62. The van der Waals surface area contributed by atoms with Crippen LogP contribution in [0.3, 0.4) is 0 Å². The zero-order valence-electron chi connectivity index (χ0n) is 11.0. The molecule has 9 heteroatoms. The molecule has 0 aromatic heterocycles. The summed E-state index contributed by atoms with van der Waals surface area (Å²) in [5.74, 6) is -3.59. The van der Waals surface area contributed by atoms with E-state index in [1.807, 2.05) is 0 Å². The molecule has 0 spiro atoms. The zero-order chi connectivity index (χ0) is 15.5. The lowest BCUT2D eigenvalue weighted by atomic mass is 9.89. The Hall–Kier alpha value is -0.810. The van der Waals surface area contributed by atoms with Crippen LogP contribution in [0.4, 0.5) is 0 Å². The standard InChI is InChI=1S/C11H21NO8/c1-2-19-10(17)11(18)3-5(14)7(12)9(20-11)8(16)6(15)4-13/h5-9,13-16,18H,2-4,12H2,1H3/t5-,6+,7+,8+,9+,11?/m0/s1. The highest BCUT2D eigenvalue weighted by Crippen LogP contribution is 2.30. The van der Waals surface area contributed by atoms with Gasteiger partial charge in [0.1, 0.15) is 18.3 Å². The Morgan fingerprint density at radius 3 is 2.65 bits per heavy atom. The van der Waals surface area contributed by atoms with Crippen molar-refractivity contribution in [3.8, 4) is 0 Å². The molecule has 1 saturated heterocycles. The summed E-state index contributed by atoms with van der Waals surface area (Å²) in [6.45, 7) is 0.731. The molecule has 1 rings (SSSR count). The number of nitrogens with two attached hydrogens (primary N) is 1. The van der Waals surface area contributed by atoms with E-state index in [1.54, 1.807) is 0 Å². The summed E-state index contributed by atoms with van der Waals surface area (Å²) < 4.78 is 9.65. The highest BCUT2D eigenvalue weighted by Gasteiger charge is 2.53. The molecule has 1 aliphatic heterocycles. The van der Waals surface area contributed by atoms with Crippen LogP contribution in [-0.4, -0.2) is 81.0 Å². The van der Waals surface area contributed by atoms with Gasteiger partial charge in [-0.2, -0.15) is 0 Å². The fraction of sp³-hybridized carbons (Fsp3) is 0.909. The van der Waals surface area contributed by atoms with Crippen molar-refractivity contribution in [3.05, 3.63) is 0 Å². The van der Waals surface area contributed by atoms with Crippen molar-refractivity contribution in [2.75, 3.05) is 13.2 Å². The van der Waals surface area contributed by atoms with Crippen molar-refractivity contribution in [2.24, 2.45) is 5.73 Å². The molecule has 0 bridgehead atoms. The number of esters is 1. The monoisotopic (exact) mass is 295 g/mol. The number of ether oxygens (including phenoxy) is 2. The first kappa shape index (κ1) is 17.2. The van der Waals surface area contributed by atoms with E-state index >= 15 is 0 Å². The van der Waals surface area contributed by atoms with Crippen LogP contribution >= 0.6 is 0 Å². The molecule has 0 aliphatic carbocycles. The van der Waals surface area contributed by atoms with Crippen molar-refractivity contribution in [1.29, 1.82) is 0 Å².